The minimum Gasteiger partial charge on any atom is -0.497 e. The van der Waals surface area contributed by atoms with E-state index in [9.17, 15) is 4.79 Å². The van der Waals surface area contributed by atoms with Crippen molar-refractivity contribution < 1.29 is 18.8 Å². The highest BCUT2D eigenvalue weighted by Crippen LogP contribution is 2.26. The van der Waals surface area contributed by atoms with Gasteiger partial charge in [0.2, 0.25) is 11.7 Å². The zero-order valence-corrected chi connectivity index (χ0v) is 17.7. The molecule has 162 valence electrons. The van der Waals surface area contributed by atoms with Gasteiger partial charge in [0.25, 0.3) is 0 Å². The lowest BCUT2D eigenvalue weighted by Gasteiger charge is -2.30. The molecule has 3 aromatic rings. The first kappa shape index (κ1) is 20.7. The highest BCUT2D eigenvalue weighted by molar-refractivity contribution is 5.79. The highest BCUT2D eigenvalue weighted by Gasteiger charge is 2.28. The summed E-state index contributed by atoms with van der Waals surface area (Å²) in [4.78, 5) is 19.2. The van der Waals surface area contributed by atoms with Crippen molar-refractivity contribution in [1.82, 2.24) is 15.5 Å². The lowest BCUT2D eigenvalue weighted by molar-refractivity contribution is -0.125. The number of aromatic nitrogens is 2. The molecule has 1 aromatic heterocycles. The van der Waals surface area contributed by atoms with Gasteiger partial charge in [0.1, 0.15) is 11.5 Å². The van der Waals surface area contributed by atoms with E-state index in [0.29, 0.717) is 24.9 Å². The third kappa shape index (κ3) is 4.96. The number of benzene rings is 2. The van der Waals surface area contributed by atoms with Crippen molar-refractivity contribution in [3.05, 3.63) is 54.1 Å². The van der Waals surface area contributed by atoms with E-state index < -0.39 is 0 Å². The molecule has 1 atom stereocenters. The molecule has 0 saturated carbocycles. The summed E-state index contributed by atoms with van der Waals surface area (Å²) in [5.74, 6) is 2.00. The predicted molar refractivity (Wildman–Crippen MR) is 116 cm³/mol. The molecule has 0 unspecified atom stereocenters. The number of rotatable bonds is 7. The third-order valence-electron chi connectivity index (χ3n) is 5.45. The number of carbonyl (C=O) groups excluding carboxylic acids is 1. The lowest BCUT2D eigenvalue weighted by atomic mass is 9.97. The van der Waals surface area contributed by atoms with Crippen LogP contribution in [0.1, 0.15) is 18.4 Å². The smallest absolute Gasteiger partial charge is 0.324 e. The Morgan fingerprint density at radius 1 is 1.10 bits per heavy atom. The normalized spacial score (nSPS) is 16.1. The van der Waals surface area contributed by atoms with Crippen LogP contribution in [0, 0.1) is 5.92 Å². The molecule has 2 aromatic carbocycles. The molecule has 1 fully saturated rings. The Balaban J connectivity index is 1.35. The topological polar surface area (TPSA) is 89.7 Å². The summed E-state index contributed by atoms with van der Waals surface area (Å²) >= 11 is 0. The second-order valence-corrected chi connectivity index (χ2v) is 7.48. The Morgan fingerprint density at radius 3 is 2.45 bits per heavy atom. The zero-order chi connectivity index (χ0) is 21.6. The minimum absolute atomic E-state index is 0.0374. The summed E-state index contributed by atoms with van der Waals surface area (Å²) in [6.07, 6.45) is 1.73. The number of hydrogen-bond acceptors (Lipinski definition) is 7. The summed E-state index contributed by atoms with van der Waals surface area (Å²) in [7, 11) is 3.26. The van der Waals surface area contributed by atoms with Crippen LogP contribution in [0.5, 0.6) is 11.5 Å². The fourth-order valence-corrected chi connectivity index (χ4v) is 3.64. The molecule has 1 amide bonds. The molecule has 8 heteroatoms. The number of amides is 1. The fourth-order valence-electron chi connectivity index (χ4n) is 3.64. The van der Waals surface area contributed by atoms with Crippen LogP contribution in [0.15, 0.2) is 53.1 Å². The van der Waals surface area contributed by atoms with Crippen LogP contribution >= 0.6 is 0 Å². The summed E-state index contributed by atoms with van der Waals surface area (Å²) in [6, 6.07) is 15.6. The second kappa shape index (κ2) is 9.51. The molecule has 0 spiro atoms. The lowest BCUT2D eigenvalue weighted by Crippen LogP contribution is -2.43. The van der Waals surface area contributed by atoms with Crippen LogP contribution in [0.25, 0.3) is 11.4 Å². The Morgan fingerprint density at radius 2 is 1.77 bits per heavy atom. The number of carbonyl (C=O) groups is 1. The molecular formula is C23H26N4O4. The van der Waals surface area contributed by atoms with Gasteiger partial charge in [-0.05, 0) is 54.8 Å². The molecule has 31 heavy (non-hydrogen) atoms. The predicted octanol–water partition coefficient (Wildman–Crippen LogP) is 3.29. The summed E-state index contributed by atoms with van der Waals surface area (Å²) < 4.78 is 15.8. The maximum absolute atomic E-state index is 12.7. The Bertz CT molecular complexity index is 1000. The van der Waals surface area contributed by atoms with Crippen LogP contribution in [0.4, 0.5) is 6.01 Å². The number of nitrogens with one attached hydrogen (secondary N) is 1. The van der Waals surface area contributed by atoms with Gasteiger partial charge in [-0.25, -0.2) is 0 Å². The van der Waals surface area contributed by atoms with E-state index in [1.54, 1.807) is 14.2 Å². The van der Waals surface area contributed by atoms with Crippen LogP contribution in [-0.4, -0.2) is 43.4 Å². The molecule has 0 bridgehead atoms. The first-order valence-electron chi connectivity index (χ1n) is 10.3. The quantitative estimate of drug-likeness (QED) is 0.625. The van der Waals surface area contributed by atoms with Crippen LogP contribution < -0.4 is 19.7 Å². The Hall–Kier alpha value is -3.55. The monoisotopic (exact) mass is 422 g/mol. The van der Waals surface area contributed by atoms with E-state index in [4.69, 9.17) is 14.0 Å². The SMILES string of the molecule is COc1ccc(CNC(=O)[C@@H]2CCCN(c3nc(-c4ccc(OC)cc4)no3)C2)cc1. The standard InChI is InChI=1S/C23H26N4O4/c1-29-19-9-5-16(6-10-19)14-24-22(28)18-4-3-13-27(15-18)23-25-21(26-31-23)17-7-11-20(30-2)12-8-17/h5-12,18H,3-4,13-15H2,1-2H3,(H,24,28)/t18-/m1/s1. The van der Waals surface area contributed by atoms with E-state index >= 15 is 0 Å². The van der Waals surface area contributed by atoms with Gasteiger partial charge in [0.15, 0.2) is 0 Å². The molecule has 1 aliphatic heterocycles. The number of hydrogen-bond donors (Lipinski definition) is 1. The van der Waals surface area contributed by atoms with E-state index in [-0.39, 0.29) is 11.8 Å². The van der Waals surface area contributed by atoms with Crippen LogP contribution in [-0.2, 0) is 11.3 Å². The molecule has 1 saturated heterocycles. The van der Waals surface area contributed by atoms with Gasteiger partial charge in [-0.3, -0.25) is 4.79 Å². The zero-order valence-electron chi connectivity index (χ0n) is 17.7. The van der Waals surface area contributed by atoms with Crippen LogP contribution in [0.3, 0.4) is 0 Å². The van der Waals surface area contributed by atoms with Gasteiger partial charge < -0.3 is 24.2 Å². The molecular weight excluding hydrogens is 396 g/mol. The first-order chi connectivity index (χ1) is 15.2. The van der Waals surface area contributed by atoms with Crippen molar-refractivity contribution in [1.29, 1.82) is 0 Å². The van der Waals surface area contributed by atoms with Gasteiger partial charge >= 0.3 is 6.01 Å². The molecule has 1 aliphatic rings. The number of ether oxygens (including phenoxy) is 2. The number of methoxy groups -OCH3 is 2. The third-order valence-corrected chi connectivity index (χ3v) is 5.45. The fraction of sp³-hybridized carbons (Fsp3) is 0.348. The van der Waals surface area contributed by atoms with Crippen LogP contribution in [0.2, 0.25) is 0 Å². The summed E-state index contributed by atoms with van der Waals surface area (Å²) in [5.41, 5.74) is 1.88. The van der Waals surface area contributed by atoms with E-state index in [1.807, 2.05) is 53.4 Å². The van der Waals surface area contributed by atoms with Crippen molar-refractivity contribution in [3.63, 3.8) is 0 Å². The van der Waals surface area contributed by atoms with E-state index in [1.165, 1.54) is 0 Å². The van der Waals surface area contributed by atoms with Gasteiger partial charge in [-0.1, -0.05) is 17.3 Å². The molecule has 4 rings (SSSR count). The van der Waals surface area contributed by atoms with Crippen molar-refractivity contribution in [2.45, 2.75) is 19.4 Å². The van der Waals surface area contributed by atoms with Gasteiger partial charge in [0.05, 0.1) is 20.1 Å². The van der Waals surface area contributed by atoms with E-state index in [2.05, 4.69) is 15.5 Å². The Labute approximate surface area is 181 Å². The van der Waals surface area contributed by atoms with Gasteiger partial charge in [0, 0.05) is 25.2 Å². The van der Waals surface area contributed by atoms with Gasteiger partial charge in [-0.2, -0.15) is 4.98 Å². The number of anilines is 1. The maximum Gasteiger partial charge on any atom is 0.324 e. The van der Waals surface area contributed by atoms with Crippen molar-refractivity contribution in [2.75, 3.05) is 32.2 Å². The largest absolute Gasteiger partial charge is 0.497 e. The second-order valence-electron chi connectivity index (χ2n) is 7.48. The average molecular weight is 422 g/mol. The van der Waals surface area contributed by atoms with Crippen molar-refractivity contribution >= 4 is 11.9 Å². The minimum atomic E-state index is -0.122. The first-order valence-corrected chi connectivity index (χ1v) is 10.3. The molecule has 2 heterocycles. The highest BCUT2D eigenvalue weighted by atomic mass is 16.5. The summed E-state index contributed by atoms with van der Waals surface area (Å²) in [6.45, 7) is 1.83. The summed E-state index contributed by atoms with van der Waals surface area (Å²) in [5, 5.41) is 7.13. The number of nitrogens with zero attached hydrogens (tertiary/aromatic N) is 3. The average Bonchev–Trinajstić information content (AvgIpc) is 3.33. The molecule has 1 N–H and O–H groups in total. The Kier molecular flexibility index (Phi) is 6.35. The van der Waals surface area contributed by atoms with E-state index in [0.717, 1.165) is 42.0 Å². The van der Waals surface area contributed by atoms with Crippen molar-refractivity contribution in [2.24, 2.45) is 5.92 Å². The molecule has 8 nitrogen and oxygen atoms in total. The molecule has 0 aliphatic carbocycles. The maximum atomic E-state index is 12.7. The number of piperidine rings is 1. The molecule has 0 radical (unpaired) electrons. The van der Waals surface area contributed by atoms with Gasteiger partial charge in [-0.15, -0.1) is 0 Å². The van der Waals surface area contributed by atoms with Crippen molar-refractivity contribution in [3.8, 4) is 22.9 Å².